The smallest absolute Gasteiger partial charge is 0.336 e. The Balaban J connectivity index is 0.00000200. The number of carboxylic acid groups (broad SMARTS) is 1. The van der Waals surface area contributed by atoms with Gasteiger partial charge in [0.2, 0.25) is 0 Å². The molecule has 1 saturated heterocycles. The molecule has 1 aromatic carbocycles. The summed E-state index contributed by atoms with van der Waals surface area (Å²) < 4.78 is 0. The monoisotopic (exact) mass is 280 g/mol. The first kappa shape index (κ1) is 16.1. The molecule has 2 rings (SSSR count). The molecule has 0 unspecified atom stereocenters. The summed E-state index contributed by atoms with van der Waals surface area (Å²) in [5.74, 6) is -1.40. The van der Waals surface area contributed by atoms with Crippen molar-refractivity contribution < 1.29 is 20.2 Å². The van der Waals surface area contributed by atoms with Crippen molar-refractivity contribution in [3.8, 4) is 0 Å². The molecule has 0 saturated carbocycles. The van der Waals surface area contributed by atoms with Crippen LogP contribution in [0.25, 0.3) is 0 Å². The highest BCUT2D eigenvalue weighted by Crippen LogP contribution is 2.09. The van der Waals surface area contributed by atoms with Gasteiger partial charge in [0.1, 0.15) is 0 Å². The highest BCUT2D eigenvalue weighted by Gasteiger charge is 2.16. The van der Waals surface area contributed by atoms with Crippen LogP contribution in [0.4, 0.5) is 0 Å². The minimum Gasteiger partial charge on any atom is -0.478 e. The summed E-state index contributed by atoms with van der Waals surface area (Å²) >= 11 is 0. The molecule has 4 N–H and O–H groups in total. The van der Waals surface area contributed by atoms with Crippen LogP contribution >= 0.6 is 0 Å². The molecule has 1 amide bonds. The highest BCUT2D eigenvalue weighted by atomic mass is 16.4. The average molecular weight is 280 g/mol. The molecule has 0 aliphatic carbocycles. The Labute approximate surface area is 117 Å². The summed E-state index contributed by atoms with van der Waals surface area (Å²) in [5.41, 5.74) is 0.262. The Morgan fingerprint density at radius 2 is 1.75 bits per heavy atom. The summed E-state index contributed by atoms with van der Waals surface area (Å²) in [5, 5.41) is 11.8. The SMILES string of the molecule is O.O=C(O)c1ccccc1C(=O)NCCN1CCCC1. The number of hydrogen-bond donors (Lipinski definition) is 2. The van der Waals surface area contributed by atoms with Crippen LogP contribution in [0.5, 0.6) is 0 Å². The Morgan fingerprint density at radius 3 is 2.35 bits per heavy atom. The van der Waals surface area contributed by atoms with E-state index in [0.29, 0.717) is 6.54 Å². The molecule has 1 heterocycles. The lowest BCUT2D eigenvalue weighted by Crippen LogP contribution is -2.34. The number of rotatable bonds is 5. The van der Waals surface area contributed by atoms with Gasteiger partial charge in [-0.15, -0.1) is 0 Å². The molecule has 20 heavy (non-hydrogen) atoms. The lowest BCUT2D eigenvalue weighted by Gasteiger charge is -2.15. The van der Waals surface area contributed by atoms with Gasteiger partial charge in [0.05, 0.1) is 11.1 Å². The number of likely N-dealkylation sites (tertiary alicyclic amines) is 1. The Kier molecular flexibility index (Phi) is 6.14. The van der Waals surface area contributed by atoms with Gasteiger partial charge in [0, 0.05) is 13.1 Å². The van der Waals surface area contributed by atoms with Gasteiger partial charge in [-0.3, -0.25) is 4.79 Å². The van der Waals surface area contributed by atoms with E-state index in [1.807, 2.05) is 0 Å². The molecule has 0 radical (unpaired) electrons. The molecule has 6 nitrogen and oxygen atoms in total. The van der Waals surface area contributed by atoms with E-state index in [-0.39, 0.29) is 22.5 Å². The third-order valence-electron chi connectivity index (χ3n) is 3.31. The topological polar surface area (TPSA) is 101 Å². The zero-order valence-electron chi connectivity index (χ0n) is 11.3. The van der Waals surface area contributed by atoms with E-state index in [1.165, 1.54) is 25.0 Å². The van der Waals surface area contributed by atoms with Crippen molar-refractivity contribution in [2.45, 2.75) is 12.8 Å². The van der Waals surface area contributed by atoms with Crippen LogP contribution in [0.15, 0.2) is 24.3 Å². The van der Waals surface area contributed by atoms with Crippen molar-refractivity contribution in [1.82, 2.24) is 10.2 Å². The van der Waals surface area contributed by atoms with Crippen LogP contribution < -0.4 is 5.32 Å². The van der Waals surface area contributed by atoms with E-state index in [4.69, 9.17) is 5.11 Å². The summed E-state index contributed by atoms with van der Waals surface area (Å²) in [6.45, 7) is 3.54. The van der Waals surface area contributed by atoms with E-state index in [9.17, 15) is 9.59 Å². The predicted octanol–water partition coefficient (Wildman–Crippen LogP) is 0.386. The Bertz CT molecular complexity index is 470. The van der Waals surface area contributed by atoms with Gasteiger partial charge in [0.15, 0.2) is 0 Å². The number of nitrogens with one attached hydrogen (secondary N) is 1. The molecular formula is C14H20N2O4. The second-order valence-electron chi connectivity index (χ2n) is 4.66. The van der Waals surface area contributed by atoms with Gasteiger partial charge < -0.3 is 20.8 Å². The fourth-order valence-corrected chi connectivity index (χ4v) is 2.30. The van der Waals surface area contributed by atoms with Crippen LogP contribution in [0.1, 0.15) is 33.6 Å². The van der Waals surface area contributed by atoms with E-state index in [0.717, 1.165) is 19.6 Å². The fourth-order valence-electron chi connectivity index (χ4n) is 2.30. The van der Waals surface area contributed by atoms with E-state index in [1.54, 1.807) is 12.1 Å². The molecule has 6 heteroatoms. The van der Waals surface area contributed by atoms with Gasteiger partial charge in [-0.1, -0.05) is 12.1 Å². The van der Waals surface area contributed by atoms with Crippen molar-refractivity contribution in [3.05, 3.63) is 35.4 Å². The maximum atomic E-state index is 12.0. The van der Waals surface area contributed by atoms with Crippen LogP contribution in [0.2, 0.25) is 0 Å². The summed E-state index contributed by atoms with van der Waals surface area (Å²) in [6, 6.07) is 6.26. The van der Waals surface area contributed by atoms with Crippen molar-refractivity contribution in [2.24, 2.45) is 0 Å². The lowest BCUT2D eigenvalue weighted by atomic mass is 10.1. The van der Waals surface area contributed by atoms with Crippen molar-refractivity contribution in [2.75, 3.05) is 26.2 Å². The number of carbonyl (C=O) groups is 2. The molecule has 1 aliphatic heterocycles. The van der Waals surface area contributed by atoms with Gasteiger partial charge in [0.25, 0.3) is 5.91 Å². The molecule has 1 aromatic rings. The zero-order chi connectivity index (χ0) is 13.7. The van der Waals surface area contributed by atoms with Crippen LogP contribution in [-0.4, -0.2) is 53.5 Å². The van der Waals surface area contributed by atoms with Crippen molar-refractivity contribution >= 4 is 11.9 Å². The number of carbonyl (C=O) groups excluding carboxylic acids is 1. The van der Waals surface area contributed by atoms with Crippen LogP contribution in [0, 0.1) is 0 Å². The van der Waals surface area contributed by atoms with Gasteiger partial charge >= 0.3 is 5.97 Å². The molecule has 110 valence electrons. The number of aromatic carboxylic acids is 1. The summed E-state index contributed by atoms with van der Waals surface area (Å²) in [4.78, 5) is 25.3. The first-order valence-corrected chi connectivity index (χ1v) is 6.51. The lowest BCUT2D eigenvalue weighted by molar-refractivity contribution is 0.0691. The second kappa shape index (κ2) is 7.62. The van der Waals surface area contributed by atoms with Crippen molar-refractivity contribution in [1.29, 1.82) is 0 Å². The maximum absolute atomic E-state index is 12.0. The first-order valence-electron chi connectivity index (χ1n) is 6.51. The molecular weight excluding hydrogens is 260 g/mol. The normalized spacial score (nSPS) is 14.6. The third-order valence-corrected chi connectivity index (χ3v) is 3.31. The number of nitrogens with zero attached hydrogens (tertiary/aromatic N) is 1. The maximum Gasteiger partial charge on any atom is 0.336 e. The highest BCUT2D eigenvalue weighted by molar-refractivity contribution is 6.04. The minimum atomic E-state index is -1.08. The molecule has 0 atom stereocenters. The zero-order valence-corrected chi connectivity index (χ0v) is 11.3. The predicted molar refractivity (Wildman–Crippen MR) is 75.0 cm³/mol. The van der Waals surface area contributed by atoms with Crippen molar-refractivity contribution in [3.63, 3.8) is 0 Å². The van der Waals surface area contributed by atoms with E-state index < -0.39 is 5.97 Å². The first-order chi connectivity index (χ1) is 9.18. The van der Waals surface area contributed by atoms with Gasteiger partial charge in [-0.2, -0.15) is 0 Å². The number of carboxylic acids is 1. The number of amides is 1. The largest absolute Gasteiger partial charge is 0.478 e. The van der Waals surface area contributed by atoms with Crippen LogP contribution in [-0.2, 0) is 0 Å². The van der Waals surface area contributed by atoms with Gasteiger partial charge in [-0.05, 0) is 38.1 Å². The fraction of sp³-hybridized carbons (Fsp3) is 0.429. The third kappa shape index (κ3) is 4.04. The average Bonchev–Trinajstić information content (AvgIpc) is 2.91. The molecule has 0 bridgehead atoms. The number of benzene rings is 1. The van der Waals surface area contributed by atoms with Crippen LogP contribution in [0.3, 0.4) is 0 Å². The van der Waals surface area contributed by atoms with E-state index in [2.05, 4.69) is 10.2 Å². The summed E-state index contributed by atoms with van der Waals surface area (Å²) in [7, 11) is 0. The summed E-state index contributed by atoms with van der Waals surface area (Å²) in [6.07, 6.45) is 2.44. The molecule has 0 aromatic heterocycles. The molecule has 0 spiro atoms. The van der Waals surface area contributed by atoms with Gasteiger partial charge in [-0.25, -0.2) is 4.79 Å². The Hall–Kier alpha value is -1.92. The molecule has 1 aliphatic rings. The molecule has 1 fully saturated rings. The second-order valence-corrected chi connectivity index (χ2v) is 4.66. The standard InChI is InChI=1S/C14H18N2O3.H2O/c17-13(15-7-10-16-8-3-4-9-16)11-5-1-2-6-12(11)14(18)19;/h1-2,5-6H,3-4,7-10H2,(H,15,17)(H,18,19);1H2. The quantitative estimate of drug-likeness (QED) is 0.814. The Morgan fingerprint density at radius 1 is 1.15 bits per heavy atom. The number of hydrogen-bond acceptors (Lipinski definition) is 3. The van der Waals surface area contributed by atoms with E-state index >= 15 is 0 Å². The minimum absolute atomic E-state index is 0.